The molecule has 3 atom stereocenters. The third kappa shape index (κ3) is 5.05. The van der Waals surface area contributed by atoms with E-state index < -0.39 is 0 Å². The normalized spacial score (nSPS) is 20.2. The van der Waals surface area contributed by atoms with Gasteiger partial charge in [0.25, 0.3) is 0 Å². The van der Waals surface area contributed by atoms with Crippen molar-refractivity contribution in [2.45, 2.75) is 44.4 Å². The fraction of sp³-hybridized carbons (Fsp3) is 0.209. The molecule has 5 heteroatoms. The zero-order valence-electron chi connectivity index (χ0n) is 26.9. The third-order valence-electron chi connectivity index (χ3n) is 10.7. The van der Waals surface area contributed by atoms with Crippen LogP contribution in [0.4, 0.5) is 0 Å². The zero-order chi connectivity index (χ0) is 32.2. The Hall–Kier alpha value is -5.60. The minimum absolute atomic E-state index is 0.249. The van der Waals surface area contributed by atoms with Crippen molar-refractivity contribution in [3.05, 3.63) is 126 Å². The average Bonchev–Trinajstić information content (AvgIpc) is 3.69. The molecule has 0 aliphatic heterocycles. The fourth-order valence-corrected chi connectivity index (χ4v) is 8.35. The second-order valence-electron chi connectivity index (χ2n) is 14.0. The van der Waals surface area contributed by atoms with Gasteiger partial charge in [-0.25, -0.2) is 15.0 Å². The van der Waals surface area contributed by atoms with E-state index in [2.05, 4.69) is 73.7 Å². The van der Waals surface area contributed by atoms with Crippen LogP contribution in [0.3, 0.4) is 0 Å². The molecular weight excluding hydrogens is 589 g/mol. The summed E-state index contributed by atoms with van der Waals surface area (Å²) in [4.78, 5) is 14.9. The maximum Gasteiger partial charge on any atom is 0.164 e. The Balaban J connectivity index is 1.07. The molecule has 0 spiro atoms. The van der Waals surface area contributed by atoms with Crippen molar-refractivity contribution in [1.29, 1.82) is 5.26 Å². The predicted molar refractivity (Wildman–Crippen MR) is 191 cm³/mol. The van der Waals surface area contributed by atoms with Crippen LogP contribution in [-0.2, 0) is 5.41 Å². The van der Waals surface area contributed by atoms with Crippen molar-refractivity contribution in [1.82, 2.24) is 15.0 Å². The van der Waals surface area contributed by atoms with Crippen LogP contribution in [0, 0.1) is 23.2 Å². The Morgan fingerprint density at radius 3 is 1.75 bits per heavy atom. The highest BCUT2D eigenvalue weighted by atomic mass is 16.3. The molecular formula is C43H34N4O. The van der Waals surface area contributed by atoms with Gasteiger partial charge in [-0.05, 0) is 83.5 Å². The number of hydrogen-bond acceptors (Lipinski definition) is 5. The molecule has 2 aromatic heterocycles. The van der Waals surface area contributed by atoms with Gasteiger partial charge in [0.1, 0.15) is 11.2 Å². The first-order chi connectivity index (χ1) is 23.5. The highest BCUT2D eigenvalue weighted by Gasteiger charge is 2.41. The average molecular weight is 623 g/mol. The van der Waals surface area contributed by atoms with E-state index in [4.69, 9.17) is 19.4 Å². The smallest absolute Gasteiger partial charge is 0.164 e. The molecule has 2 saturated carbocycles. The molecule has 2 aliphatic rings. The lowest BCUT2D eigenvalue weighted by Crippen LogP contribution is -2.30. The largest absolute Gasteiger partial charge is 0.456 e. The van der Waals surface area contributed by atoms with E-state index in [1.54, 1.807) is 6.07 Å². The van der Waals surface area contributed by atoms with E-state index in [0.29, 0.717) is 23.0 Å². The topological polar surface area (TPSA) is 75.6 Å². The Labute approximate surface area is 280 Å². The van der Waals surface area contributed by atoms with Crippen LogP contribution < -0.4 is 0 Å². The Morgan fingerprint density at radius 1 is 0.604 bits per heavy atom. The number of fused-ring (bicyclic) bond motifs is 5. The molecule has 2 aliphatic carbocycles. The Morgan fingerprint density at radius 2 is 1.12 bits per heavy atom. The van der Waals surface area contributed by atoms with Gasteiger partial charge < -0.3 is 4.42 Å². The minimum Gasteiger partial charge on any atom is -0.456 e. The molecule has 5 nitrogen and oxygen atoms in total. The fourth-order valence-electron chi connectivity index (χ4n) is 8.35. The van der Waals surface area contributed by atoms with E-state index in [-0.39, 0.29) is 5.41 Å². The Bertz CT molecular complexity index is 2340. The van der Waals surface area contributed by atoms with Gasteiger partial charge in [0.15, 0.2) is 17.5 Å². The highest BCUT2D eigenvalue weighted by Crippen LogP contribution is 2.51. The van der Waals surface area contributed by atoms with Gasteiger partial charge in [0.2, 0.25) is 0 Å². The summed E-state index contributed by atoms with van der Waals surface area (Å²) in [5.74, 6) is 3.74. The van der Waals surface area contributed by atoms with Crippen molar-refractivity contribution in [3.8, 4) is 51.4 Å². The Kier molecular flexibility index (Phi) is 6.72. The van der Waals surface area contributed by atoms with Gasteiger partial charge in [-0.15, -0.1) is 0 Å². The van der Waals surface area contributed by atoms with Gasteiger partial charge in [0.05, 0.1) is 11.6 Å². The number of nitrogens with zero attached hydrogens (tertiary/aromatic N) is 4. The molecule has 1 unspecified atom stereocenters. The summed E-state index contributed by atoms with van der Waals surface area (Å²) in [7, 11) is 0. The van der Waals surface area contributed by atoms with E-state index in [9.17, 15) is 5.26 Å². The molecule has 2 fully saturated rings. The highest BCUT2D eigenvalue weighted by molar-refractivity contribution is 6.06. The van der Waals surface area contributed by atoms with Gasteiger partial charge >= 0.3 is 0 Å². The standard InChI is InChI=1S/C43H34N4O/c1-43(24-27-7-8-28(21-27)25-43)35-17-14-33(15-18-35)42-46-40(31-5-3-2-4-6-31)45-41(47-42)32-12-10-30(11-13-32)34-16-20-39-37(23-34)36-22-29(26-44)9-19-38(36)48-39/h2-6,9-20,22-23,27-28H,7-8,21,24-25H2,1H3/t27-,28+,43?. The van der Waals surface area contributed by atoms with Crippen LogP contribution >= 0.6 is 0 Å². The van der Waals surface area contributed by atoms with E-state index >= 15 is 0 Å². The predicted octanol–water partition coefficient (Wildman–Crippen LogP) is 10.8. The number of aromatic nitrogens is 3. The van der Waals surface area contributed by atoms with Crippen molar-refractivity contribution < 1.29 is 4.42 Å². The molecule has 0 amide bonds. The molecule has 9 rings (SSSR count). The first kappa shape index (κ1) is 28.6. The zero-order valence-corrected chi connectivity index (χ0v) is 26.9. The number of rotatable bonds is 5. The SMILES string of the molecule is CC1(c2ccc(-c3nc(-c4ccccc4)nc(-c4ccc(-c5ccc6oc7ccc(C#N)cc7c6c5)cc4)n3)cc2)C[C@@H]2CC[C@@H](C2)C1. The molecule has 2 heterocycles. The van der Waals surface area contributed by atoms with Crippen LogP contribution in [0.5, 0.6) is 0 Å². The molecule has 0 saturated heterocycles. The maximum atomic E-state index is 9.42. The lowest BCUT2D eigenvalue weighted by molar-refractivity contribution is 0.232. The van der Waals surface area contributed by atoms with Crippen LogP contribution in [0.15, 0.2) is 120 Å². The number of hydrogen-bond donors (Lipinski definition) is 0. The van der Waals surface area contributed by atoms with Crippen molar-refractivity contribution in [3.63, 3.8) is 0 Å². The van der Waals surface area contributed by atoms with E-state index in [0.717, 1.165) is 61.6 Å². The van der Waals surface area contributed by atoms with Gasteiger partial charge in [-0.2, -0.15) is 5.26 Å². The van der Waals surface area contributed by atoms with Crippen molar-refractivity contribution in [2.75, 3.05) is 0 Å². The molecule has 2 bridgehead atoms. The second-order valence-corrected chi connectivity index (χ2v) is 14.0. The van der Waals surface area contributed by atoms with Gasteiger partial charge in [0, 0.05) is 27.5 Å². The summed E-state index contributed by atoms with van der Waals surface area (Å²) in [5.41, 5.74) is 8.91. The van der Waals surface area contributed by atoms with E-state index in [1.165, 1.54) is 37.7 Å². The summed E-state index contributed by atoms with van der Waals surface area (Å²) in [5, 5.41) is 11.4. The van der Waals surface area contributed by atoms with Crippen LogP contribution in [0.1, 0.15) is 50.2 Å². The summed E-state index contributed by atoms with van der Waals surface area (Å²) < 4.78 is 6.04. The summed E-state index contributed by atoms with van der Waals surface area (Å²) in [6, 6.07) is 41.5. The third-order valence-corrected chi connectivity index (χ3v) is 10.7. The van der Waals surface area contributed by atoms with E-state index in [1.807, 2.05) is 48.5 Å². The summed E-state index contributed by atoms with van der Waals surface area (Å²) in [6.45, 7) is 2.46. The quantitative estimate of drug-likeness (QED) is 0.191. The molecule has 5 aromatic carbocycles. The van der Waals surface area contributed by atoms with Crippen molar-refractivity contribution in [2.24, 2.45) is 11.8 Å². The van der Waals surface area contributed by atoms with Gasteiger partial charge in [-0.1, -0.05) is 105 Å². The van der Waals surface area contributed by atoms with Crippen molar-refractivity contribution >= 4 is 21.9 Å². The molecule has 7 aromatic rings. The first-order valence-corrected chi connectivity index (χ1v) is 16.9. The lowest BCUT2D eigenvalue weighted by Gasteiger charge is -2.38. The molecule has 0 radical (unpaired) electrons. The monoisotopic (exact) mass is 622 g/mol. The number of furan rings is 1. The van der Waals surface area contributed by atoms with Crippen LogP contribution in [0.25, 0.3) is 67.2 Å². The lowest BCUT2D eigenvalue weighted by atomic mass is 9.66. The van der Waals surface area contributed by atoms with Gasteiger partial charge in [-0.3, -0.25) is 0 Å². The number of benzene rings is 5. The molecule has 232 valence electrons. The molecule has 48 heavy (non-hydrogen) atoms. The summed E-state index contributed by atoms with van der Waals surface area (Å²) in [6.07, 6.45) is 6.81. The minimum atomic E-state index is 0.249. The first-order valence-electron chi connectivity index (χ1n) is 16.9. The van der Waals surface area contributed by atoms with Crippen LogP contribution in [-0.4, -0.2) is 15.0 Å². The molecule has 0 N–H and O–H groups in total. The van der Waals surface area contributed by atoms with Crippen LogP contribution in [0.2, 0.25) is 0 Å². The number of nitriles is 1. The maximum absolute atomic E-state index is 9.42. The summed E-state index contributed by atoms with van der Waals surface area (Å²) >= 11 is 0. The second kappa shape index (κ2) is 11.3.